The number of carbonyl (C=O) groups excluding carboxylic acids is 1. The third-order valence-corrected chi connectivity index (χ3v) is 4.23. The van der Waals surface area contributed by atoms with Gasteiger partial charge in [-0.15, -0.1) is 0 Å². The molecule has 0 atom stereocenters. The summed E-state index contributed by atoms with van der Waals surface area (Å²) in [6.07, 6.45) is 3.39. The molecule has 5 heteroatoms. The van der Waals surface area contributed by atoms with Crippen molar-refractivity contribution in [2.24, 2.45) is 0 Å². The van der Waals surface area contributed by atoms with Crippen molar-refractivity contribution in [1.82, 2.24) is 4.98 Å². The number of hydrogen-bond donors (Lipinski definition) is 2. The van der Waals surface area contributed by atoms with Gasteiger partial charge in [0.15, 0.2) is 0 Å². The van der Waals surface area contributed by atoms with Crippen molar-refractivity contribution in [3.8, 4) is 5.75 Å². The van der Waals surface area contributed by atoms with E-state index in [9.17, 15) is 4.79 Å². The Balaban J connectivity index is 1.62. The Bertz CT molecular complexity index is 937. The highest BCUT2D eigenvalue weighted by Crippen LogP contribution is 2.18. The van der Waals surface area contributed by atoms with Crippen LogP contribution in [0.2, 0.25) is 0 Å². The molecular formula is C23H25N3O2. The van der Waals surface area contributed by atoms with Crippen molar-refractivity contribution in [3.05, 3.63) is 83.7 Å². The van der Waals surface area contributed by atoms with Crippen molar-refractivity contribution in [2.75, 3.05) is 10.6 Å². The number of benzene rings is 2. The Morgan fingerprint density at radius 2 is 1.79 bits per heavy atom. The van der Waals surface area contributed by atoms with E-state index in [2.05, 4.69) is 34.7 Å². The molecule has 1 heterocycles. The van der Waals surface area contributed by atoms with E-state index < -0.39 is 0 Å². The molecule has 1 amide bonds. The molecule has 0 spiro atoms. The molecule has 3 aromatic rings. The zero-order valence-corrected chi connectivity index (χ0v) is 16.4. The summed E-state index contributed by atoms with van der Waals surface area (Å²) in [4.78, 5) is 16.7. The van der Waals surface area contributed by atoms with E-state index in [1.54, 1.807) is 18.5 Å². The predicted molar refractivity (Wildman–Crippen MR) is 113 cm³/mol. The van der Waals surface area contributed by atoms with E-state index >= 15 is 0 Å². The average molecular weight is 375 g/mol. The highest BCUT2D eigenvalue weighted by Gasteiger charge is 2.08. The fourth-order valence-corrected chi connectivity index (χ4v) is 2.76. The summed E-state index contributed by atoms with van der Waals surface area (Å²) in [5, 5.41) is 6.21. The Morgan fingerprint density at radius 1 is 1.04 bits per heavy atom. The van der Waals surface area contributed by atoms with Crippen LogP contribution in [0.5, 0.6) is 5.75 Å². The zero-order valence-electron chi connectivity index (χ0n) is 16.4. The first-order valence-corrected chi connectivity index (χ1v) is 9.33. The number of pyridine rings is 1. The minimum absolute atomic E-state index is 0.112. The van der Waals surface area contributed by atoms with Crippen molar-refractivity contribution < 1.29 is 9.53 Å². The van der Waals surface area contributed by atoms with Crippen LogP contribution in [0.25, 0.3) is 0 Å². The number of carbonyl (C=O) groups is 1. The van der Waals surface area contributed by atoms with E-state index in [0.29, 0.717) is 17.8 Å². The van der Waals surface area contributed by atoms with E-state index in [4.69, 9.17) is 4.74 Å². The summed E-state index contributed by atoms with van der Waals surface area (Å²) in [5.41, 5.74) is 4.44. The molecule has 1 aromatic heterocycles. The van der Waals surface area contributed by atoms with Gasteiger partial charge in [-0.2, -0.15) is 0 Å². The number of nitrogens with zero attached hydrogens (tertiary/aromatic N) is 1. The molecule has 0 aliphatic carbocycles. The standard InChI is InChI=1S/C23H25N3O2/c1-16(2)28-22-10-8-20(9-11-22)26-23(27)19-12-21(15-24-13-19)25-14-18-7-5-4-6-17(18)3/h4-13,15-16,25H,14H2,1-3H3,(H,26,27). The fourth-order valence-electron chi connectivity index (χ4n) is 2.76. The smallest absolute Gasteiger partial charge is 0.257 e. The lowest BCUT2D eigenvalue weighted by atomic mass is 10.1. The zero-order chi connectivity index (χ0) is 19.9. The maximum atomic E-state index is 12.5. The van der Waals surface area contributed by atoms with Gasteiger partial charge in [0.2, 0.25) is 0 Å². The van der Waals surface area contributed by atoms with Crippen molar-refractivity contribution in [3.63, 3.8) is 0 Å². The van der Waals surface area contributed by atoms with Gasteiger partial charge in [0.1, 0.15) is 5.75 Å². The van der Waals surface area contributed by atoms with Gasteiger partial charge in [0, 0.05) is 24.6 Å². The Labute approximate surface area is 165 Å². The van der Waals surface area contributed by atoms with E-state index in [-0.39, 0.29) is 12.0 Å². The molecule has 2 N–H and O–H groups in total. The predicted octanol–water partition coefficient (Wildman–Crippen LogP) is 5.04. The molecule has 2 aromatic carbocycles. The lowest BCUT2D eigenvalue weighted by Crippen LogP contribution is -2.13. The summed E-state index contributed by atoms with van der Waals surface area (Å²) in [6, 6.07) is 17.3. The highest BCUT2D eigenvalue weighted by atomic mass is 16.5. The quantitative estimate of drug-likeness (QED) is 0.607. The Hall–Kier alpha value is -3.34. The number of ether oxygens (including phenoxy) is 1. The van der Waals surface area contributed by atoms with E-state index in [1.807, 2.05) is 50.2 Å². The van der Waals surface area contributed by atoms with Crippen LogP contribution in [0, 0.1) is 6.92 Å². The van der Waals surface area contributed by atoms with Crippen LogP contribution in [-0.4, -0.2) is 17.0 Å². The van der Waals surface area contributed by atoms with Gasteiger partial charge < -0.3 is 15.4 Å². The van der Waals surface area contributed by atoms with Crippen molar-refractivity contribution >= 4 is 17.3 Å². The lowest BCUT2D eigenvalue weighted by molar-refractivity contribution is 0.102. The van der Waals surface area contributed by atoms with Crippen LogP contribution in [0.1, 0.15) is 35.3 Å². The second-order valence-corrected chi connectivity index (χ2v) is 6.89. The Morgan fingerprint density at radius 3 is 2.50 bits per heavy atom. The molecule has 5 nitrogen and oxygen atoms in total. The van der Waals surface area contributed by atoms with Crippen LogP contribution in [-0.2, 0) is 6.54 Å². The molecule has 0 saturated carbocycles. The SMILES string of the molecule is Cc1ccccc1CNc1cncc(C(=O)Nc2ccc(OC(C)C)cc2)c1. The summed E-state index contributed by atoms with van der Waals surface area (Å²) in [5.74, 6) is 0.571. The molecule has 0 fully saturated rings. The molecule has 0 saturated heterocycles. The molecule has 3 rings (SSSR count). The lowest BCUT2D eigenvalue weighted by Gasteiger charge is -2.11. The molecule has 0 aliphatic heterocycles. The number of nitrogens with one attached hydrogen (secondary N) is 2. The van der Waals surface area contributed by atoms with Crippen LogP contribution in [0.3, 0.4) is 0 Å². The van der Waals surface area contributed by atoms with Crippen LogP contribution in [0.4, 0.5) is 11.4 Å². The van der Waals surface area contributed by atoms with Gasteiger partial charge in [-0.3, -0.25) is 9.78 Å². The number of amides is 1. The molecule has 0 unspecified atom stereocenters. The van der Waals surface area contributed by atoms with Crippen LogP contribution in [0.15, 0.2) is 67.0 Å². The van der Waals surface area contributed by atoms with E-state index in [0.717, 1.165) is 11.4 Å². The van der Waals surface area contributed by atoms with Gasteiger partial charge in [0.05, 0.1) is 17.4 Å². The normalized spacial score (nSPS) is 10.6. The maximum absolute atomic E-state index is 12.5. The summed E-state index contributed by atoms with van der Waals surface area (Å²) >= 11 is 0. The second kappa shape index (κ2) is 9.04. The minimum Gasteiger partial charge on any atom is -0.491 e. The third kappa shape index (κ3) is 5.33. The van der Waals surface area contributed by atoms with Crippen LogP contribution < -0.4 is 15.4 Å². The number of rotatable bonds is 7. The van der Waals surface area contributed by atoms with Gasteiger partial charge in [-0.25, -0.2) is 0 Å². The maximum Gasteiger partial charge on any atom is 0.257 e. The molecule has 0 radical (unpaired) electrons. The van der Waals surface area contributed by atoms with Gasteiger partial charge in [-0.05, 0) is 62.2 Å². The monoisotopic (exact) mass is 375 g/mol. The fraction of sp³-hybridized carbons (Fsp3) is 0.217. The van der Waals surface area contributed by atoms with Crippen molar-refractivity contribution in [1.29, 1.82) is 0 Å². The first kappa shape index (κ1) is 19.4. The minimum atomic E-state index is -0.204. The first-order chi connectivity index (χ1) is 13.5. The van der Waals surface area contributed by atoms with Crippen molar-refractivity contribution in [2.45, 2.75) is 33.4 Å². The number of anilines is 2. The van der Waals surface area contributed by atoms with Crippen LogP contribution >= 0.6 is 0 Å². The molecule has 0 aliphatic rings. The number of aromatic nitrogens is 1. The van der Waals surface area contributed by atoms with Gasteiger partial charge >= 0.3 is 0 Å². The third-order valence-electron chi connectivity index (χ3n) is 4.23. The summed E-state index contributed by atoms with van der Waals surface area (Å²) < 4.78 is 5.62. The molecule has 28 heavy (non-hydrogen) atoms. The largest absolute Gasteiger partial charge is 0.491 e. The topological polar surface area (TPSA) is 63.2 Å². The van der Waals surface area contributed by atoms with Gasteiger partial charge in [-0.1, -0.05) is 24.3 Å². The number of hydrogen-bond acceptors (Lipinski definition) is 4. The molecule has 144 valence electrons. The first-order valence-electron chi connectivity index (χ1n) is 9.33. The summed E-state index contributed by atoms with van der Waals surface area (Å²) in [7, 11) is 0. The molecule has 0 bridgehead atoms. The Kier molecular flexibility index (Phi) is 6.27. The highest BCUT2D eigenvalue weighted by molar-refractivity contribution is 6.04. The summed E-state index contributed by atoms with van der Waals surface area (Å²) in [6.45, 7) is 6.71. The van der Waals surface area contributed by atoms with E-state index in [1.165, 1.54) is 11.1 Å². The second-order valence-electron chi connectivity index (χ2n) is 6.89. The van der Waals surface area contributed by atoms with Gasteiger partial charge in [0.25, 0.3) is 5.91 Å². The molecular weight excluding hydrogens is 350 g/mol. The number of aryl methyl sites for hydroxylation is 1. The average Bonchev–Trinajstić information content (AvgIpc) is 2.69.